The number of carbonyl (C=O) groups excluding carboxylic acids is 1. The third-order valence-corrected chi connectivity index (χ3v) is 5.23. The molecule has 1 aliphatic rings. The molecule has 0 radical (unpaired) electrons. The van der Waals surface area contributed by atoms with Crippen molar-refractivity contribution >= 4 is 16.8 Å². The first kappa shape index (κ1) is 15.0. The molecule has 3 heterocycles. The van der Waals surface area contributed by atoms with Gasteiger partial charge in [-0.05, 0) is 56.5 Å². The van der Waals surface area contributed by atoms with Gasteiger partial charge in [0, 0.05) is 53.1 Å². The van der Waals surface area contributed by atoms with Gasteiger partial charge in [-0.1, -0.05) is 0 Å². The molecule has 1 fully saturated rings. The van der Waals surface area contributed by atoms with Crippen LogP contribution < -0.4 is 0 Å². The van der Waals surface area contributed by atoms with Gasteiger partial charge in [-0.15, -0.1) is 0 Å². The van der Waals surface area contributed by atoms with E-state index in [-0.39, 0.29) is 5.91 Å². The molecule has 1 aromatic carbocycles. The zero-order valence-electron chi connectivity index (χ0n) is 14.1. The molecule has 1 saturated heterocycles. The van der Waals surface area contributed by atoms with E-state index in [4.69, 9.17) is 0 Å². The largest absolute Gasteiger partial charge is 0.358 e. The summed E-state index contributed by atoms with van der Waals surface area (Å²) in [5.41, 5.74) is 5.37. The van der Waals surface area contributed by atoms with E-state index in [1.165, 1.54) is 5.56 Å². The number of amides is 1. The van der Waals surface area contributed by atoms with Gasteiger partial charge in [0.1, 0.15) is 0 Å². The number of H-pyrrole nitrogens is 2. The number of rotatable bonds is 2. The van der Waals surface area contributed by atoms with Gasteiger partial charge in [0.25, 0.3) is 5.91 Å². The second-order valence-corrected chi connectivity index (χ2v) is 6.74. The van der Waals surface area contributed by atoms with Gasteiger partial charge in [0.05, 0.1) is 0 Å². The number of aromatic amines is 2. The molecule has 2 N–H and O–H groups in total. The first-order valence-corrected chi connectivity index (χ1v) is 8.51. The summed E-state index contributed by atoms with van der Waals surface area (Å²) in [6, 6.07) is 7.98. The van der Waals surface area contributed by atoms with Gasteiger partial charge in [-0.3, -0.25) is 9.89 Å². The van der Waals surface area contributed by atoms with E-state index >= 15 is 0 Å². The third kappa shape index (κ3) is 2.50. The molecule has 0 bridgehead atoms. The zero-order chi connectivity index (χ0) is 16.7. The molecule has 3 aromatic rings. The summed E-state index contributed by atoms with van der Waals surface area (Å²) in [5, 5.41) is 8.23. The van der Waals surface area contributed by atoms with Crippen LogP contribution in [0.25, 0.3) is 10.9 Å². The van der Waals surface area contributed by atoms with Crippen LogP contribution in [0.5, 0.6) is 0 Å². The Balaban J connectivity index is 1.59. The van der Waals surface area contributed by atoms with Crippen LogP contribution in [-0.2, 0) is 0 Å². The van der Waals surface area contributed by atoms with Crippen molar-refractivity contribution in [3.05, 3.63) is 53.0 Å². The molecule has 1 aliphatic heterocycles. The average Bonchev–Trinajstić information content (AvgIpc) is 3.24. The standard InChI is InChI=1S/C19H22N4O/c1-12-13(2)21-18-6-5-14(10-16(12)18)19(24)23-9-3-4-15(11-23)17-7-8-20-22-17/h5-8,10,15,21H,3-4,9,11H2,1-2H3,(H,20,22)/t15-/m1/s1. The molecule has 4 rings (SSSR count). The molecule has 1 amide bonds. The number of hydrogen-bond donors (Lipinski definition) is 2. The number of nitrogens with zero attached hydrogens (tertiary/aromatic N) is 2. The Bertz CT molecular complexity index is 878. The summed E-state index contributed by atoms with van der Waals surface area (Å²) >= 11 is 0. The van der Waals surface area contributed by atoms with Crippen molar-refractivity contribution in [2.24, 2.45) is 0 Å². The summed E-state index contributed by atoms with van der Waals surface area (Å²) < 4.78 is 0. The Morgan fingerprint density at radius 2 is 2.17 bits per heavy atom. The number of hydrogen-bond acceptors (Lipinski definition) is 2. The highest BCUT2D eigenvalue weighted by Crippen LogP contribution is 2.27. The zero-order valence-corrected chi connectivity index (χ0v) is 14.1. The fraction of sp³-hybridized carbons (Fsp3) is 0.368. The molecular formula is C19H22N4O. The fourth-order valence-electron chi connectivity index (χ4n) is 3.69. The second kappa shape index (κ2) is 5.82. The van der Waals surface area contributed by atoms with Crippen molar-refractivity contribution in [3.8, 4) is 0 Å². The molecule has 5 heteroatoms. The Hall–Kier alpha value is -2.56. The van der Waals surface area contributed by atoms with Crippen LogP contribution in [0.2, 0.25) is 0 Å². The van der Waals surface area contributed by atoms with Gasteiger partial charge >= 0.3 is 0 Å². The van der Waals surface area contributed by atoms with Crippen molar-refractivity contribution < 1.29 is 4.79 Å². The van der Waals surface area contributed by atoms with Gasteiger partial charge < -0.3 is 9.88 Å². The van der Waals surface area contributed by atoms with Crippen LogP contribution in [-0.4, -0.2) is 39.1 Å². The van der Waals surface area contributed by atoms with Crippen LogP contribution in [0.1, 0.15) is 46.1 Å². The van der Waals surface area contributed by atoms with E-state index < -0.39 is 0 Å². The highest BCUT2D eigenvalue weighted by Gasteiger charge is 2.26. The predicted octanol–water partition coefficient (Wildman–Crippen LogP) is 3.53. The van der Waals surface area contributed by atoms with Gasteiger partial charge in [0.15, 0.2) is 0 Å². The van der Waals surface area contributed by atoms with Gasteiger partial charge in [-0.25, -0.2) is 0 Å². The number of aryl methyl sites for hydroxylation is 2. The lowest BCUT2D eigenvalue weighted by molar-refractivity contribution is 0.0706. The minimum absolute atomic E-state index is 0.124. The first-order valence-electron chi connectivity index (χ1n) is 8.51. The van der Waals surface area contributed by atoms with Crippen molar-refractivity contribution in [2.45, 2.75) is 32.6 Å². The molecule has 0 unspecified atom stereocenters. The summed E-state index contributed by atoms with van der Waals surface area (Å²) in [6.45, 7) is 5.74. The summed E-state index contributed by atoms with van der Waals surface area (Å²) in [6.07, 6.45) is 3.90. The van der Waals surface area contributed by atoms with Crippen LogP contribution in [0.3, 0.4) is 0 Å². The second-order valence-electron chi connectivity index (χ2n) is 6.74. The monoisotopic (exact) mass is 322 g/mol. The lowest BCUT2D eigenvalue weighted by Crippen LogP contribution is -2.39. The number of nitrogens with one attached hydrogen (secondary N) is 2. The number of carbonyl (C=O) groups is 1. The molecule has 1 atom stereocenters. The summed E-state index contributed by atoms with van der Waals surface area (Å²) in [5.74, 6) is 0.476. The van der Waals surface area contributed by atoms with E-state index in [0.717, 1.165) is 53.8 Å². The maximum Gasteiger partial charge on any atom is 0.253 e. The van der Waals surface area contributed by atoms with Crippen LogP contribution in [0, 0.1) is 13.8 Å². The summed E-state index contributed by atoms with van der Waals surface area (Å²) in [7, 11) is 0. The number of benzene rings is 1. The molecule has 24 heavy (non-hydrogen) atoms. The minimum Gasteiger partial charge on any atom is -0.358 e. The highest BCUT2D eigenvalue weighted by molar-refractivity contribution is 5.99. The van der Waals surface area contributed by atoms with Crippen LogP contribution in [0.15, 0.2) is 30.5 Å². The lowest BCUT2D eigenvalue weighted by Gasteiger charge is -2.32. The van der Waals surface area contributed by atoms with E-state index in [0.29, 0.717) is 5.92 Å². The topological polar surface area (TPSA) is 64.8 Å². The SMILES string of the molecule is Cc1[nH]c2ccc(C(=O)N3CCC[C@@H](c4ccn[nH]4)C3)cc2c1C. The van der Waals surface area contributed by atoms with E-state index in [2.05, 4.69) is 29.0 Å². The smallest absolute Gasteiger partial charge is 0.253 e. The highest BCUT2D eigenvalue weighted by atomic mass is 16.2. The Kier molecular flexibility index (Phi) is 3.63. The Labute approximate surface area is 141 Å². The van der Waals surface area contributed by atoms with Crippen LogP contribution in [0.4, 0.5) is 0 Å². The predicted molar refractivity (Wildman–Crippen MR) is 94.2 cm³/mol. The molecule has 0 spiro atoms. The average molecular weight is 322 g/mol. The molecule has 0 saturated carbocycles. The van der Waals surface area contributed by atoms with Gasteiger partial charge in [0.2, 0.25) is 0 Å². The number of likely N-dealkylation sites (tertiary alicyclic amines) is 1. The van der Waals surface area contributed by atoms with E-state index in [1.807, 2.05) is 29.2 Å². The third-order valence-electron chi connectivity index (χ3n) is 5.23. The fourth-order valence-corrected chi connectivity index (χ4v) is 3.69. The van der Waals surface area contributed by atoms with Crippen molar-refractivity contribution in [2.75, 3.05) is 13.1 Å². The maximum absolute atomic E-state index is 13.0. The van der Waals surface area contributed by atoms with Gasteiger partial charge in [-0.2, -0.15) is 5.10 Å². The van der Waals surface area contributed by atoms with Crippen molar-refractivity contribution in [1.82, 2.24) is 20.1 Å². The lowest BCUT2D eigenvalue weighted by atomic mass is 9.94. The normalized spacial score (nSPS) is 18.2. The quantitative estimate of drug-likeness (QED) is 0.758. The van der Waals surface area contributed by atoms with E-state index in [9.17, 15) is 4.79 Å². The number of piperidine rings is 1. The Morgan fingerprint density at radius 3 is 2.96 bits per heavy atom. The maximum atomic E-state index is 13.0. The molecule has 124 valence electrons. The first-order chi connectivity index (χ1) is 11.6. The minimum atomic E-state index is 0.124. The van der Waals surface area contributed by atoms with E-state index in [1.54, 1.807) is 6.20 Å². The van der Waals surface area contributed by atoms with Crippen molar-refractivity contribution in [3.63, 3.8) is 0 Å². The number of fused-ring (bicyclic) bond motifs is 1. The van der Waals surface area contributed by atoms with Crippen molar-refractivity contribution in [1.29, 1.82) is 0 Å². The molecule has 0 aliphatic carbocycles. The Morgan fingerprint density at radius 1 is 1.29 bits per heavy atom. The summed E-state index contributed by atoms with van der Waals surface area (Å²) in [4.78, 5) is 18.3. The molecular weight excluding hydrogens is 300 g/mol. The van der Waals surface area contributed by atoms with Crippen LogP contribution >= 0.6 is 0 Å². The number of aromatic nitrogens is 3. The molecule has 2 aromatic heterocycles. The molecule has 5 nitrogen and oxygen atoms in total.